The Morgan fingerprint density at radius 2 is 1.62 bits per heavy atom. The van der Waals surface area contributed by atoms with Gasteiger partial charge in [0, 0.05) is 12.1 Å². The first-order valence-corrected chi connectivity index (χ1v) is 3.77. The minimum absolute atomic E-state index is 0.0471. The Morgan fingerprint density at radius 1 is 1.15 bits per heavy atom. The summed E-state index contributed by atoms with van der Waals surface area (Å²) < 4.78 is 9.92. The maximum absolute atomic E-state index is 9.23. The van der Waals surface area contributed by atoms with Gasteiger partial charge in [-0.2, -0.15) is 0 Å². The number of hydrogen-bond donors (Lipinski definition) is 2. The van der Waals surface area contributed by atoms with Crippen LogP contribution in [0, 0.1) is 0 Å². The fourth-order valence-electron chi connectivity index (χ4n) is 1.13. The molecule has 1 aromatic carbocycles. The second-order valence-electron chi connectivity index (χ2n) is 2.49. The molecule has 0 radical (unpaired) electrons. The van der Waals surface area contributed by atoms with Crippen LogP contribution in [-0.4, -0.2) is 24.4 Å². The van der Waals surface area contributed by atoms with Gasteiger partial charge in [0.15, 0.2) is 0 Å². The summed E-state index contributed by atoms with van der Waals surface area (Å²) in [6.07, 6.45) is 0. The van der Waals surface area contributed by atoms with E-state index >= 15 is 0 Å². The van der Waals surface area contributed by atoms with Gasteiger partial charge in [-0.05, 0) is 0 Å². The lowest BCUT2D eigenvalue weighted by atomic mass is 10.2. The van der Waals surface area contributed by atoms with Gasteiger partial charge in [-0.25, -0.2) is 0 Å². The van der Waals surface area contributed by atoms with Crippen LogP contribution in [0.3, 0.4) is 0 Å². The normalized spacial score (nSPS) is 9.77. The molecule has 1 aromatic rings. The number of methoxy groups -OCH3 is 2. The highest BCUT2D eigenvalue weighted by molar-refractivity contribution is 5.49. The number of phenols is 1. The lowest BCUT2D eigenvalue weighted by molar-refractivity contribution is 0.264. The molecule has 0 fully saturated rings. The van der Waals surface area contributed by atoms with Crippen molar-refractivity contribution < 1.29 is 19.7 Å². The van der Waals surface area contributed by atoms with Crippen LogP contribution in [0.15, 0.2) is 12.1 Å². The molecule has 13 heavy (non-hydrogen) atoms. The molecular formula is C9H12O4. The fourth-order valence-corrected chi connectivity index (χ4v) is 1.13. The number of aliphatic hydroxyl groups is 1. The summed E-state index contributed by atoms with van der Waals surface area (Å²) in [5.41, 5.74) is 0.530. The number of ether oxygens (including phenoxy) is 2. The van der Waals surface area contributed by atoms with Crippen LogP contribution in [0.1, 0.15) is 5.56 Å². The third-order valence-electron chi connectivity index (χ3n) is 1.75. The van der Waals surface area contributed by atoms with Gasteiger partial charge in [0.25, 0.3) is 0 Å². The summed E-state index contributed by atoms with van der Waals surface area (Å²) in [5.74, 6) is 0.879. The molecule has 0 aromatic heterocycles. The molecule has 0 atom stereocenters. The van der Waals surface area contributed by atoms with Crippen LogP contribution in [0.5, 0.6) is 17.2 Å². The largest absolute Gasteiger partial charge is 0.508 e. The summed E-state index contributed by atoms with van der Waals surface area (Å²) in [4.78, 5) is 0. The van der Waals surface area contributed by atoms with E-state index in [1.807, 2.05) is 0 Å². The van der Waals surface area contributed by atoms with E-state index in [0.29, 0.717) is 17.1 Å². The summed E-state index contributed by atoms with van der Waals surface area (Å²) >= 11 is 0. The predicted molar refractivity (Wildman–Crippen MR) is 47.1 cm³/mol. The highest BCUT2D eigenvalue weighted by Gasteiger charge is 2.10. The highest BCUT2D eigenvalue weighted by atomic mass is 16.5. The molecule has 0 saturated carbocycles. The molecular weight excluding hydrogens is 172 g/mol. The zero-order chi connectivity index (χ0) is 9.84. The standard InChI is InChI=1S/C9H12O4/c1-12-8-3-6(11)4-9(13-2)7(8)5-10/h3-4,10-11H,5H2,1-2H3. The maximum atomic E-state index is 9.23. The number of rotatable bonds is 3. The minimum atomic E-state index is -0.188. The Morgan fingerprint density at radius 3 is 1.92 bits per heavy atom. The summed E-state index contributed by atoms with van der Waals surface area (Å²) in [6.45, 7) is -0.188. The molecule has 0 aliphatic rings. The summed E-state index contributed by atoms with van der Waals surface area (Å²) in [5, 5.41) is 18.2. The molecule has 0 aliphatic carbocycles. The molecule has 0 bridgehead atoms. The molecule has 0 saturated heterocycles. The van der Waals surface area contributed by atoms with Gasteiger partial charge in [-0.3, -0.25) is 0 Å². The van der Waals surface area contributed by atoms with Crippen molar-refractivity contribution in [2.45, 2.75) is 6.61 Å². The Bertz CT molecular complexity index is 271. The first-order chi connectivity index (χ1) is 6.22. The molecule has 1 rings (SSSR count). The Hall–Kier alpha value is -1.42. The zero-order valence-electron chi connectivity index (χ0n) is 7.57. The average Bonchev–Trinajstić information content (AvgIpc) is 2.16. The Labute approximate surface area is 76.3 Å². The lowest BCUT2D eigenvalue weighted by Gasteiger charge is -2.11. The van der Waals surface area contributed by atoms with E-state index in [1.165, 1.54) is 26.4 Å². The molecule has 72 valence electrons. The summed E-state index contributed by atoms with van der Waals surface area (Å²) in [6, 6.07) is 2.85. The summed E-state index contributed by atoms with van der Waals surface area (Å²) in [7, 11) is 2.93. The molecule has 0 unspecified atom stereocenters. The van der Waals surface area contributed by atoms with E-state index in [2.05, 4.69) is 0 Å². The fraction of sp³-hybridized carbons (Fsp3) is 0.333. The lowest BCUT2D eigenvalue weighted by Crippen LogP contribution is -1.96. The quantitative estimate of drug-likeness (QED) is 0.732. The van der Waals surface area contributed by atoms with Crippen LogP contribution >= 0.6 is 0 Å². The SMILES string of the molecule is COc1cc(O)cc(OC)c1CO. The number of benzene rings is 1. The first-order valence-electron chi connectivity index (χ1n) is 3.77. The van der Waals surface area contributed by atoms with Crippen molar-refractivity contribution in [3.63, 3.8) is 0 Å². The van der Waals surface area contributed by atoms with Gasteiger partial charge in [0.2, 0.25) is 0 Å². The van der Waals surface area contributed by atoms with E-state index in [-0.39, 0.29) is 12.4 Å². The second-order valence-corrected chi connectivity index (χ2v) is 2.49. The number of aromatic hydroxyl groups is 1. The number of phenolic OH excluding ortho intramolecular Hbond substituents is 1. The van der Waals surface area contributed by atoms with Gasteiger partial charge >= 0.3 is 0 Å². The van der Waals surface area contributed by atoms with Crippen molar-refractivity contribution in [1.82, 2.24) is 0 Å². The highest BCUT2D eigenvalue weighted by Crippen LogP contribution is 2.33. The smallest absolute Gasteiger partial charge is 0.131 e. The third-order valence-corrected chi connectivity index (χ3v) is 1.75. The van der Waals surface area contributed by atoms with Gasteiger partial charge in [0.05, 0.1) is 26.4 Å². The maximum Gasteiger partial charge on any atom is 0.131 e. The van der Waals surface area contributed by atoms with Crippen molar-refractivity contribution in [2.75, 3.05) is 14.2 Å². The van der Waals surface area contributed by atoms with Crippen LogP contribution < -0.4 is 9.47 Å². The molecule has 4 heteroatoms. The van der Waals surface area contributed by atoms with Crippen molar-refractivity contribution in [3.05, 3.63) is 17.7 Å². The molecule has 0 spiro atoms. The second kappa shape index (κ2) is 4.00. The zero-order valence-corrected chi connectivity index (χ0v) is 7.57. The van der Waals surface area contributed by atoms with Gasteiger partial charge in [0.1, 0.15) is 17.2 Å². The van der Waals surface area contributed by atoms with Crippen LogP contribution in [0.25, 0.3) is 0 Å². The van der Waals surface area contributed by atoms with Crippen molar-refractivity contribution in [2.24, 2.45) is 0 Å². The molecule has 0 amide bonds. The van der Waals surface area contributed by atoms with E-state index < -0.39 is 0 Å². The Balaban J connectivity index is 3.25. The number of hydrogen-bond acceptors (Lipinski definition) is 4. The first kappa shape index (κ1) is 9.67. The van der Waals surface area contributed by atoms with Crippen molar-refractivity contribution >= 4 is 0 Å². The third kappa shape index (κ3) is 1.84. The van der Waals surface area contributed by atoms with Crippen LogP contribution in [0.2, 0.25) is 0 Å². The molecule has 0 heterocycles. The topological polar surface area (TPSA) is 58.9 Å². The van der Waals surface area contributed by atoms with Crippen LogP contribution in [0.4, 0.5) is 0 Å². The van der Waals surface area contributed by atoms with Crippen LogP contribution in [-0.2, 0) is 6.61 Å². The van der Waals surface area contributed by atoms with Crippen molar-refractivity contribution in [1.29, 1.82) is 0 Å². The van der Waals surface area contributed by atoms with Gasteiger partial charge < -0.3 is 19.7 Å². The molecule has 0 aliphatic heterocycles. The molecule has 2 N–H and O–H groups in total. The molecule has 4 nitrogen and oxygen atoms in total. The van der Waals surface area contributed by atoms with Crippen molar-refractivity contribution in [3.8, 4) is 17.2 Å². The van der Waals surface area contributed by atoms with E-state index in [0.717, 1.165) is 0 Å². The van der Waals surface area contributed by atoms with Gasteiger partial charge in [-0.1, -0.05) is 0 Å². The predicted octanol–water partition coefficient (Wildman–Crippen LogP) is 0.902. The van der Waals surface area contributed by atoms with Gasteiger partial charge in [-0.15, -0.1) is 0 Å². The Kier molecular flexibility index (Phi) is 2.97. The number of aliphatic hydroxyl groups excluding tert-OH is 1. The minimum Gasteiger partial charge on any atom is -0.508 e. The van der Waals surface area contributed by atoms with E-state index in [1.54, 1.807) is 0 Å². The van der Waals surface area contributed by atoms with E-state index in [9.17, 15) is 5.11 Å². The average molecular weight is 184 g/mol. The monoisotopic (exact) mass is 184 g/mol. The van der Waals surface area contributed by atoms with E-state index in [4.69, 9.17) is 14.6 Å².